The zero-order valence-electron chi connectivity index (χ0n) is 10.0. The number of alkyl halides is 3. The number of aliphatic hydroxyl groups excluding tert-OH is 1. The summed E-state index contributed by atoms with van der Waals surface area (Å²) < 4.78 is 39.7. The lowest BCUT2D eigenvalue weighted by Crippen LogP contribution is -2.44. The summed E-state index contributed by atoms with van der Waals surface area (Å²) in [6.45, 7) is -0.740. The van der Waals surface area contributed by atoms with Crippen LogP contribution in [0.3, 0.4) is 0 Å². The van der Waals surface area contributed by atoms with E-state index in [0.29, 0.717) is 13.1 Å². The molecule has 0 radical (unpaired) electrons. The van der Waals surface area contributed by atoms with Gasteiger partial charge in [0, 0.05) is 20.1 Å². The number of hydrogen-bond donors (Lipinski definition) is 2. The SMILES string of the molecule is CN(C(=O)CCOCC(F)(F)F)[C@H]1CNC[C@@H]1O. The third-order valence-corrected chi connectivity index (χ3v) is 2.77. The highest BCUT2D eigenvalue weighted by atomic mass is 19.4. The van der Waals surface area contributed by atoms with Crippen molar-refractivity contribution < 1.29 is 27.8 Å². The topological polar surface area (TPSA) is 61.8 Å². The predicted octanol–water partition coefficient (Wildman–Crippen LogP) is -0.254. The van der Waals surface area contributed by atoms with Crippen LogP contribution in [0.5, 0.6) is 0 Å². The maximum Gasteiger partial charge on any atom is 0.411 e. The minimum atomic E-state index is -4.37. The normalized spacial score (nSPS) is 24.3. The highest BCUT2D eigenvalue weighted by Crippen LogP contribution is 2.14. The summed E-state index contributed by atoms with van der Waals surface area (Å²) >= 11 is 0. The van der Waals surface area contributed by atoms with Crippen LogP contribution >= 0.6 is 0 Å². The van der Waals surface area contributed by atoms with Crippen LogP contribution in [0.2, 0.25) is 0 Å². The van der Waals surface area contributed by atoms with Crippen LogP contribution in [-0.2, 0) is 9.53 Å². The zero-order chi connectivity index (χ0) is 13.8. The number of β-amino-alcohol motifs (C(OH)–C–C–N with tert-alkyl or cyclic N) is 1. The summed E-state index contributed by atoms with van der Waals surface area (Å²) in [7, 11) is 1.52. The molecule has 1 heterocycles. The van der Waals surface area contributed by atoms with Crippen molar-refractivity contribution in [2.45, 2.75) is 24.7 Å². The fourth-order valence-corrected chi connectivity index (χ4v) is 1.75. The van der Waals surface area contributed by atoms with Gasteiger partial charge in [0.15, 0.2) is 0 Å². The van der Waals surface area contributed by atoms with Crippen molar-refractivity contribution in [2.75, 3.05) is 33.4 Å². The van der Waals surface area contributed by atoms with Crippen LogP contribution in [0.1, 0.15) is 6.42 Å². The molecule has 1 aliphatic heterocycles. The van der Waals surface area contributed by atoms with Gasteiger partial charge >= 0.3 is 6.18 Å². The standard InChI is InChI=1S/C10H17F3N2O3/c1-15(7-4-14-5-8(7)16)9(17)2-3-18-6-10(11,12)13/h7-8,14,16H,2-6H2,1H3/t7-,8-/m0/s1. The quantitative estimate of drug-likeness (QED) is 0.676. The van der Waals surface area contributed by atoms with E-state index in [1.807, 2.05) is 0 Å². The second kappa shape index (κ2) is 6.35. The van der Waals surface area contributed by atoms with Gasteiger partial charge in [-0.05, 0) is 0 Å². The Morgan fingerprint density at radius 3 is 2.67 bits per heavy atom. The van der Waals surface area contributed by atoms with Crippen LogP contribution in [-0.4, -0.2) is 67.6 Å². The van der Waals surface area contributed by atoms with Gasteiger partial charge in [0.05, 0.1) is 25.2 Å². The van der Waals surface area contributed by atoms with Gasteiger partial charge in [-0.25, -0.2) is 0 Å². The second-order valence-electron chi connectivity index (χ2n) is 4.22. The minimum absolute atomic E-state index is 0.129. The third kappa shape index (κ3) is 4.79. The molecule has 8 heteroatoms. The van der Waals surface area contributed by atoms with Crippen LogP contribution in [0, 0.1) is 0 Å². The van der Waals surface area contributed by atoms with E-state index in [1.54, 1.807) is 0 Å². The van der Waals surface area contributed by atoms with E-state index in [9.17, 15) is 23.1 Å². The average Bonchev–Trinajstić information content (AvgIpc) is 2.68. The van der Waals surface area contributed by atoms with Gasteiger partial charge in [0.2, 0.25) is 5.91 Å². The molecular formula is C10H17F3N2O3. The Morgan fingerprint density at radius 2 is 2.17 bits per heavy atom. The molecule has 1 amide bonds. The number of halogens is 3. The number of likely N-dealkylation sites (N-methyl/N-ethyl adjacent to an activating group) is 1. The second-order valence-corrected chi connectivity index (χ2v) is 4.22. The molecule has 0 aliphatic carbocycles. The molecule has 2 atom stereocenters. The smallest absolute Gasteiger partial charge is 0.390 e. The Kier molecular flexibility index (Phi) is 5.36. The molecule has 1 rings (SSSR count). The van der Waals surface area contributed by atoms with E-state index in [4.69, 9.17) is 0 Å². The molecule has 1 fully saturated rings. The molecule has 2 N–H and O–H groups in total. The molecule has 0 saturated carbocycles. The first-order valence-electron chi connectivity index (χ1n) is 5.60. The summed E-state index contributed by atoms with van der Waals surface area (Å²) in [5.74, 6) is -0.343. The summed E-state index contributed by atoms with van der Waals surface area (Å²) in [6, 6.07) is -0.333. The number of amides is 1. The highest BCUT2D eigenvalue weighted by molar-refractivity contribution is 5.76. The molecule has 0 unspecified atom stereocenters. The zero-order valence-corrected chi connectivity index (χ0v) is 10.0. The molecule has 106 valence electrons. The van der Waals surface area contributed by atoms with Crippen LogP contribution in [0.25, 0.3) is 0 Å². The minimum Gasteiger partial charge on any atom is -0.390 e. The van der Waals surface area contributed by atoms with E-state index in [2.05, 4.69) is 10.1 Å². The fourth-order valence-electron chi connectivity index (χ4n) is 1.75. The van der Waals surface area contributed by atoms with E-state index in [0.717, 1.165) is 0 Å². The van der Waals surface area contributed by atoms with Crippen molar-refractivity contribution in [1.29, 1.82) is 0 Å². The Bertz CT molecular complexity index is 286. The van der Waals surface area contributed by atoms with Crippen molar-refractivity contribution in [1.82, 2.24) is 10.2 Å². The molecule has 0 spiro atoms. The van der Waals surface area contributed by atoms with Crippen molar-refractivity contribution in [2.24, 2.45) is 0 Å². The van der Waals surface area contributed by atoms with Gasteiger partial charge in [-0.1, -0.05) is 0 Å². The van der Waals surface area contributed by atoms with Gasteiger partial charge in [-0.3, -0.25) is 4.79 Å². The van der Waals surface area contributed by atoms with Crippen molar-refractivity contribution in [3.8, 4) is 0 Å². The summed E-state index contributed by atoms with van der Waals surface area (Å²) in [6.07, 6.45) is -5.15. The maximum absolute atomic E-state index is 11.8. The first kappa shape index (κ1) is 15.2. The molecule has 0 aromatic rings. The fraction of sp³-hybridized carbons (Fsp3) is 0.900. The van der Waals surface area contributed by atoms with Crippen LogP contribution < -0.4 is 5.32 Å². The van der Waals surface area contributed by atoms with Crippen molar-refractivity contribution in [3.63, 3.8) is 0 Å². The maximum atomic E-state index is 11.8. The Labute approximate surface area is 103 Å². The molecular weight excluding hydrogens is 253 g/mol. The molecule has 5 nitrogen and oxygen atoms in total. The van der Waals surface area contributed by atoms with E-state index >= 15 is 0 Å². The number of aliphatic hydroxyl groups is 1. The molecule has 1 saturated heterocycles. The number of ether oxygens (including phenoxy) is 1. The van der Waals surface area contributed by atoms with Gasteiger partial charge in [0.1, 0.15) is 6.61 Å². The van der Waals surface area contributed by atoms with Crippen LogP contribution in [0.4, 0.5) is 13.2 Å². The Balaban J connectivity index is 2.24. The number of carbonyl (C=O) groups is 1. The van der Waals surface area contributed by atoms with Crippen LogP contribution in [0.15, 0.2) is 0 Å². The third-order valence-electron chi connectivity index (χ3n) is 2.77. The molecule has 1 aliphatic rings. The number of rotatable bonds is 5. The van der Waals surface area contributed by atoms with Gasteiger partial charge in [0.25, 0.3) is 0 Å². The average molecular weight is 270 g/mol. The lowest BCUT2D eigenvalue weighted by molar-refractivity contribution is -0.175. The number of carbonyl (C=O) groups excluding carboxylic acids is 1. The number of nitrogens with zero attached hydrogens (tertiary/aromatic N) is 1. The molecule has 18 heavy (non-hydrogen) atoms. The first-order valence-corrected chi connectivity index (χ1v) is 5.60. The highest BCUT2D eigenvalue weighted by Gasteiger charge is 2.31. The first-order chi connectivity index (χ1) is 8.31. The number of nitrogens with one attached hydrogen (secondary N) is 1. The summed E-state index contributed by atoms with van der Waals surface area (Å²) in [5.41, 5.74) is 0. The lowest BCUT2D eigenvalue weighted by Gasteiger charge is -2.26. The van der Waals surface area contributed by atoms with Crippen molar-refractivity contribution in [3.05, 3.63) is 0 Å². The molecule has 0 aromatic carbocycles. The lowest BCUT2D eigenvalue weighted by atomic mass is 10.2. The molecule has 0 aromatic heterocycles. The van der Waals surface area contributed by atoms with E-state index in [1.165, 1.54) is 11.9 Å². The molecule has 0 bridgehead atoms. The van der Waals surface area contributed by atoms with Crippen molar-refractivity contribution >= 4 is 5.91 Å². The van der Waals surface area contributed by atoms with E-state index in [-0.39, 0.29) is 25.0 Å². The van der Waals surface area contributed by atoms with Gasteiger partial charge in [-0.15, -0.1) is 0 Å². The summed E-state index contributed by atoms with van der Waals surface area (Å²) in [5, 5.41) is 12.5. The van der Waals surface area contributed by atoms with Gasteiger partial charge < -0.3 is 20.1 Å². The van der Waals surface area contributed by atoms with E-state index < -0.39 is 18.9 Å². The Hall–Kier alpha value is -0.860. The summed E-state index contributed by atoms with van der Waals surface area (Å²) in [4.78, 5) is 13.0. The van der Waals surface area contributed by atoms with Gasteiger partial charge in [-0.2, -0.15) is 13.2 Å². The monoisotopic (exact) mass is 270 g/mol. The number of hydrogen-bond acceptors (Lipinski definition) is 4. The largest absolute Gasteiger partial charge is 0.411 e. The predicted molar refractivity (Wildman–Crippen MR) is 56.9 cm³/mol. The Morgan fingerprint density at radius 1 is 1.50 bits per heavy atom.